The van der Waals surface area contributed by atoms with Crippen LogP contribution in [0.4, 0.5) is 0 Å². The predicted octanol–water partition coefficient (Wildman–Crippen LogP) is 3.60. The summed E-state index contributed by atoms with van der Waals surface area (Å²) in [4.78, 5) is 0. The van der Waals surface area contributed by atoms with E-state index in [4.69, 9.17) is 9.00 Å². The Kier molecular flexibility index (Phi) is 6.00. The molecule has 0 bridgehead atoms. The van der Waals surface area contributed by atoms with Crippen LogP contribution < -0.4 is 15.8 Å². The zero-order chi connectivity index (χ0) is 19.3. The van der Waals surface area contributed by atoms with Crippen molar-refractivity contribution in [2.45, 2.75) is 25.8 Å². The number of rotatable bonds is 6. The molecule has 0 N–H and O–H groups in total. The number of hydrogen-bond acceptors (Lipinski definition) is 2. The molecule has 0 aromatic heterocycles. The van der Waals surface area contributed by atoms with Gasteiger partial charge in [-0.15, -0.1) is 0 Å². The first-order valence-corrected chi connectivity index (χ1v) is 11.3. The Hall–Kier alpha value is -2.14. The maximum absolute atomic E-state index is 7.03. The molecule has 3 aromatic carbocycles. The molecular weight excluding hydrogens is 347 g/mol. The smallest absolute Gasteiger partial charge is 0.442 e. The molecule has 0 aliphatic heterocycles. The zero-order valence-electron chi connectivity index (χ0n) is 16.6. The molecule has 0 saturated carbocycles. The van der Waals surface area contributed by atoms with Crippen molar-refractivity contribution in [3.63, 3.8) is 0 Å². The minimum Gasteiger partial charge on any atom is -0.442 e. The molecule has 0 fully saturated rings. The molecule has 0 unspecified atom stereocenters. The van der Waals surface area contributed by atoms with E-state index in [1.54, 1.807) is 7.11 Å². The van der Waals surface area contributed by atoms with E-state index >= 15 is 0 Å². The summed E-state index contributed by atoms with van der Waals surface area (Å²) in [6.07, 6.45) is 0. The fourth-order valence-corrected chi connectivity index (χ4v) is 8.28. The van der Waals surface area contributed by atoms with Crippen LogP contribution in [0.25, 0.3) is 0 Å². The average molecular weight is 374 g/mol. The molecule has 3 aromatic rings. The van der Waals surface area contributed by atoms with Crippen molar-refractivity contribution in [2.75, 3.05) is 7.11 Å². The minimum atomic E-state index is -2.64. The number of benzene rings is 3. The SMILES string of the molecule is COB(O[Si](c1ccccc1)(c1ccccc1)C(C)(C)C)c1ccccc1. The van der Waals surface area contributed by atoms with Crippen LogP contribution in [0.5, 0.6) is 0 Å². The summed E-state index contributed by atoms with van der Waals surface area (Å²) in [5, 5.41) is 2.42. The van der Waals surface area contributed by atoms with Gasteiger partial charge in [0.25, 0.3) is 0 Å². The average Bonchev–Trinajstić information content (AvgIpc) is 2.70. The zero-order valence-corrected chi connectivity index (χ0v) is 17.6. The highest BCUT2D eigenvalue weighted by Gasteiger charge is 2.52. The highest BCUT2D eigenvalue weighted by Crippen LogP contribution is 2.37. The van der Waals surface area contributed by atoms with E-state index in [1.165, 1.54) is 10.4 Å². The lowest BCUT2D eigenvalue weighted by molar-refractivity contribution is 0.340. The predicted molar refractivity (Wildman–Crippen MR) is 118 cm³/mol. The summed E-state index contributed by atoms with van der Waals surface area (Å²) >= 11 is 0. The first kappa shape index (κ1) is 19.6. The first-order chi connectivity index (χ1) is 13.0. The van der Waals surface area contributed by atoms with Gasteiger partial charge in [-0.25, -0.2) is 0 Å². The van der Waals surface area contributed by atoms with E-state index in [9.17, 15) is 0 Å². The summed E-state index contributed by atoms with van der Waals surface area (Å²) < 4.78 is 12.9. The van der Waals surface area contributed by atoms with Crippen LogP contribution >= 0.6 is 0 Å². The van der Waals surface area contributed by atoms with Crippen molar-refractivity contribution < 1.29 is 9.00 Å². The molecule has 0 saturated heterocycles. The summed E-state index contributed by atoms with van der Waals surface area (Å²) in [5.74, 6) is 0. The van der Waals surface area contributed by atoms with Crippen molar-refractivity contribution >= 4 is 31.3 Å². The van der Waals surface area contributed by atoms with Gasteiger partial charge >= 0.3 is 7.12 Å². The maximum atomic E-state index is 7.03. The summed E-state index contributed by atoms with van der Waals surface area (Å²) in [5.41, 5.74) is 1.04. The normalized spacial score (nSPS) is 12.0. The van der Waals surface area contributed by atoms with Crippen molar-refractivity contribution in [2.24, 2.45) is 0 Å². The van der Waals surface area contributed by atoms with Crippen LogP contribution in [-0.4, -0.2) is 22.5 Å². The van der Waals surface area contributed by atoms with Crippen molar-refractivity contribution in [3.8, 4) is 0 Å². The molecule has 3 rings (SSSR count). The third-order valence-electron chi connectivity index (χ3n) is 4.99. The van der Waals surface area contributed by atoms with Gasteiger partial charge in [-0.2, -0.15) is 0 Å². The van der Waals surface area contributed by atoms with Gasteiger partial charge < -0.3 is 9.00 Å². The fourth-order valence-electron chi connectivity index (χ4n) is 3.71. The van der Waals surface area contributed by atoms with Gasteiger partial charge in [-0.05, 0) is 20.9 Å². The van der Waals surface area contributed by atoms with Crippen LogP contribution in [0, 0.1) is 0 Å². The highest BCUT2D eigenvalue weighted by atomic mass is 28.4. The minimum absolute atomic E-state index is 0.0821. The van der Waals surface area contributed by atoms with Gasteiger partial charge in [-0.1, -0.05) is 112 Å². The van der Waals surface area contributed by atoms with Gasteiger partial charge in [0.2, 0.25) is 8.32 Å². The molecular formula is C23H27BO2Si. The number of hydrogen-bond donors (Lipinski definition) is 0. The third-order valence-corrected chi connectivity index (χ3v) is 9.96. The van der Waals surface area contributed by atoms with Gasteiger partial charge in [-0.3, -0.25) is 0 Å². The second kappa shape index (κ2) is 8.26. The van der Waals surface area contributed by atoms with E-state index < -0.39 is 15.4 Å². The van der Waals surface area contributed by atoms with Gasteiger partial charge in [0.15, 0.2) is 0 Å². The van der Waals surface area contributed by atoms with E-state index in [-0.39, 0.29) is 5.04 Å². The van der Waals surface area contributed by atoms with E-state index in [1.807, 2.05) is 18.2 Å². The lowest BCUT2D eigenvalue weighted by atomic mass is 9.80. The quantitative estimate of drug-likeness (QED) is 0.614. The van der Waals surface area contributed by atoms with Gasteiger partial charge in [0.1, 0.15) is 0 Å². The van der Waals surface area contributed by atoms with Crippen LogP contribution in [-0.2, 0) is 9.00 Å². The first-order valence-electron chi connectivity index (χ1n) is 9.35. The molecule has 0 heterocycles. The maximum Gasteiger partial charge on any atom is 0.483 e. The third kappa shape index (κ3) is 3.93. The van der Waals surface area contributed by atoms with Crippen molar-refractivity contribution in [3.05, 3.63) is 91.0 Å². The Morgan fingerprint density at radius 3 is 1.44 bits per heavy atom. The van der Waals surface area contributed by atoms with Crippen LogP contribution in [0.1, 0.15) is 20.8 Å². The highest BCUT2D eigenvalue weighted by molar-refractivity contribution is 7.02. The Balaban J connectivity index is 2.20. The molecule has 0 aliphatic carbocycles. The molecule has 4 heteroatoms. The molecule has 2 nitrogen and oxygen atoms in total. The van der Waals surface area contributed by atoms with E-state index in [2.05, 4.69) is 93.6 Å². The topological polar surface area (TPSA) is 18.5 Å². The Bertz CT molecular complexity index is 793. The lowest BCUT2D eigenvalue weighted by Crippen LogP contribution is -2.69. The molecule has 138 valence electrons. The Morgan fingerprint density at radius 2 is 1.07 bits per heavy atom. The second-order valence-electron chi connectivity index (χ2n) is 7.76. The van der Waals surface area contributed by atoms with Crippen LogP contribution in [0.3, 0.4) is 0 Å². The van der Waals surface area contributed by atoms with Gasteiger partial charge in [0, 0.05) is 7.11 Å². The monoisotopic (exact) mass is 374 g/mol. The Labute approximate surface area is 164 Å². The van der Waals surface area contributed by atoms with Crippen molar-refractivity contribution in [1.29, 1.82) is 0 Å². The largest absolute Gasteiger partial charge is 0.483 e. The second-order valence-corrected chi connectivity index (χ2v) is 12.0. The fraction of sp³-hybridized carbons (Fsp3) is 0.217. The lowest BCUT2D eigenvalue weighted by Gasteiger charge is -2.44. The molecule has 27 heavy (non-hydrogen) atoms. The summed E-state index contributed by atoms with van der Waals surface area (Å²) in [6.45, 7) is 6.82. The van der Waals surface area contributed by atoms with Crippen LogP contribution in [0.15, 0.2) is 91.0 Å². The summed E-state index contributed by atoms with van der Waals surface area (Å²) in [6, 6.07) is 31.5. The van der Waals surface area contributed by atoms with Crippen LogP contribution in [0.2, 0.25) is 5.04 Å². The molecule has 0 radical (unpaired) electrons. The molecule has 0 aliphatic rings. The standard InChI is InChI=1S/C23H27BO2Si/c1-23(2,3)27(21-16-10-6-11-17-21,22-18-12-7-13-19-22)26-24(25-4)20-14-8-5-9-15-20/h5-19H,1-4H3. The molecule has 0 atom stereocenters. The van der Waals surface area contributed by atoms with Crippen molar-refractivity contribution in [1.82, 2.24) is 0 Å². The Morgan fingerprint density at radius 1 is 0.667 bits per heavy atom. The van der Waals surface area contributed by atoms with E-state index in [0.717, 1.165) is 5.46 Å². The van der Waals surface area contributed by atoms with E-state index in [0.29, 0.717) is 0 Å². The summed E-state index contributed by atoms with van der Waals surface area (Å²) in [7, 11) is -1.34. The molecule has 0 spiro atoms. The molecule has 0 amide bonds. The van der Waals surface area contributed by atoms with Gasteiger partial charge in [0.05, 0.1) is 0 Å².